The van der Waals surface area contributed by atoms with Crippen LogP contribution in [-0.4, -0.2) is 6.21 Å². The molecule has 1 N–H and O–H groups in total. The summed E-state index contributed by atoms with van der Waals surface area (Å²) in [6, 6.07) is 11.9. The fourth-order valence-corrected chi connectivity index (χ4v) is 2.41. The molecule has 0 atom stereocenters. The van der Waals surface area contributed by atoms with Crippen molar-refractivity contribution in [3.8, 4) is 0 Å². The summed E-state index contributed by atoms with van der Waals surface area (Å²) in [5, 5.41) is 6.17. The molecule has 0 aliphatic heterocycles. The van der Waals surface area contributed by atoms with Gasteiger partial charge in [0.05, 0.1) is 16.8 Å². The first kappa shape index (κ1) is 10.4. The third-order valence-electron chi connectivity index (χ3n) is 1.79. The molecule has 1 heterocycles. The summed E-state index contributed by atoms with van der Waals surface area (Å²) in [6.07, 6.45) is 1.81. The zero-order valence-corrected chi connectivity index (χ0v) is 10.3. The van der Waals surface area contributed by atoms with Gasteiger partial charge in [-0.15, -0.1) is 11.3 Å². The van der Waals surface area contributed by atoms with Crippen LogP contribution >= 0.6 is 27.3 Å². The number of hydrogen-bond acceptors (Lipinski definition) is 3. The summed E-state index contributed by atoms with van der Waals surface area (Å²) >= 11 is 5.09. The van der Waals surface area contributed by atoms with Gasteiger partial charge in [-0.2, -0.15) is 5.10 Å². The fourth-order valence-electron chi connectivity index (χ4n) is 1.08. The van der Waals surface area contributed by atoms with Gasteiger partial charge in [-0.3, -0.25) is 5.43 Å². The van der Waals surface area contributed by atoms with E-state index in [0.29, 0.717) is 0 Å². The van der Waals surface area contributed by atoms with Gasteiger partial charge in [0.15, 0.2) is 0 Å². The molecule has 0 aliphatic carbocycles. The van der Waals surface area contributed by atoms with Crippen molar-refractivity contribution >= 4 is 39.2 Å². The second-order valence-corrected chi connectivity index (χ2v) is 4.67. The predicted octanol–water partition coefficient (Wildman–Crippen LogP) is 3.96. The smallest absolute Gasteiger partial charge is 0.0656 e. The molecule has 1 aromatic carbocycles. The van der Waals surface area contributed by atoms with E-state index in [9.17, 15) is 0 Å². The lowest BCUT2D eigenvalue weighted by atomic mass is 10.3. The normalized spacial score (nSPS) is 10.7. The van der Waals surface area contributed by atoms with E-state index >= 15 is 0 Å². The van der Waals surface area contributed by atoms with E-state index in [1.807, 2.05) is 48.0 Å². The number of halogens is 1. The molecule has 0 spiro atoms. The standard InChI is InChI=1S/C11H9BrN2S/c12-10-6-7-15-11(10)8-13-14-9-4-2-1-3-5-9/h1-8,14H. The van der Waals surface area contributed by atoms with E-state index in [-0.39, 0.29) is 0 Å². The van der Waals surface area contributed by atoms with Gasteiger partial charge in [0, 0.05) is 4.47 Å². The molecule has 0 bridgehead atoms. The Morgan fingerprint density at radius 1 is 1.20 bits per heavy atom. The van der Waals surface area contributed by atoms with E-state index in [2.05, 4.69) is 26.5 Å². The molecule has 2 rings (SSSR count). The highest BCUT2D eigenvalue weighted by atomic mass is 79.9. The minimum atomic E-state index is 0.987. The number of nitrogens with zero attached hydrogens (tertiary/aromatic N) is 1. The van der Waals surface area contributed by atoms with Crippen LogP contribution in [0.3, 0.4) is 0 Å². The quantitative estimate of drug-likeness (QED) is 0.668. The van der Waals surface area contributed by atoms with E-state index in [1.54, 1.807) is 11.3 Å². The first-order valence-corrected chi connectivity index (χ1v) is 6.10. The molecule has 2 nitrogen and oxygen atoms in total. The van der Waals surface area contributed by atoms with E-state index in [0.717, 1.165) is 15.0 Å². The number of anilines is 1. The number of hydrogen-bond donors (Lipinski definition) is 1. The van der Waals surface area contributed by atoms with Gasteiger partial charge in [0.2, 0.25) is 0 Å². The Balaban J connectivity index is 2.00. The molecule has 76 valence electrons. The molecule has 0 saturated heterocycles. The molecule has 0 radical (unpaired) electrons. The maximum absolute atomic E-state index is 4.15. The number of nitrogens with one attached hydrogen (secondary N) is 1. The van der Waals surface area contributed by atoms with Gasteiger partial charge in [-0.25, -0.2) is 0 Å². The molecule has 2 aromatic rings. The lowest BCUT2D eigenvalue weighted by Crippen LogP contribution is -1.88. The van der Waals surface area contributed by atoms with Crippen LogP contribution in [0.5, 0.6) is 0 Å². The number of benzene rings is 1. The van der Waals surface area contributed by atoms with E-state index in [4.69, 9.17) is 0 Å². The van der Waals surface area contributed by atoms with Crippen LogP contribution in [0.1, 0.15) is 4.88 Å². The summed E-state index contributed by atoms with van der Waals surface area (Å²) in [5.41, 5.74) is 3.95. The Morgan fingerprint density at radius 2 is 2.00 bits per heavy atom. The van der Waals surface area contributed by atoms with Crippen molar-refractivity contribution in [3.05, 3.63) is 51.1 Å². The summed E-state index contributed by atoms with van der Waals surface area (Å²) in [6.45, 7) is 0. The summed E-state index contributed by atoms with van der Waals surface area (Å²) in [4.78, 5) is 1.11. The summed E-state index contributed by atoms with van der Waals surface area (Å²) < 4.78 is 1.08. The highest BCUT2D eigenvalue weighted by Gasteiger charge is 1.95. The Hall–Kier alpha value is -1.13. The van der Waals surface area contributed by atoms with Gasteiger partial charge in [-0.1, -0.05) is 18.2 Å². The molecule has 15 heavy (non-hydrogen) atoms. The second-order valence-electron chi connectivity index (χ2n) is 2.87. The topological polar surface area (TPSA) is 24.4 Å². The maximum Gasteiger partial charge on any atom is 0.0656 e. The minimum absolute atomic E-state index is 0.987. The van der Waals surface area contributed by atoms with Crippen molar-refractivity contribution in [2.24, 2.45) is 5.10 Å². The number of para-hydroxylation sites is 1. The van der Waals surface area contributed by atoms with Crippen LogP contribution in [0.15, 0.2) is 51.4 Å². The van der Waals surface area contributed by atoms with Gasteiger partial charge in [0.25, 0.3) is 0 Å². The number of rotatable bonds is 3. The van der Waals surface area contributed by atoms with Gasteiger partial charge in [-0.05, 0) is 39.5 Å². The Bertz CT molecular complexity index is 451. The molecule has 4 heteroatoms. The lowest BCUT2D eigenvalue weighted by Gasteiger charge is -1.97. The molecule has 0 saturated carbocycles. The highest BCUT2D eigenvalue weighted by Crippen LogP contribution is 2.20. The highest BCUT2D eigenvalue weighted by molar-refractivity contribution is 9.10. The monoisotopic (exact) mass is 280 g/mol. The van der Waals surface area contributed by atoms with Crippen molar-refractivity contribution in [2.75, 3.05) is 5.43 Å². The lowest BCUT2D eigenvalue weighted by molar-refractivity contribution is 1.35. The van der Waals surface area contributed by atoms with E-state index < -0.39 is 0 Å². The first-order chi connectivity index (χ1) is 7.36. The average Bonchev–Trinajstić information content (AvgIpc) is 2.66. The first-order valence-electron chi connectivity index (χ1n) is 4.43. The molecule has 0 aliphatic rings. The predicted molar refractivity (Wildman–Crippen MR) is 69.7 cm³/mol. The minimum Gasteiger partial charge on any atom is -0.278 e. The van der Waals surface area contributed by atoms with Crippen LogP contribution in [-0.2, 0) is 0 Å². The van der Waals surface area contributed by atoms with Gasteiger partial charge in [0.1, 0.15) is 0 Å². The van der Waals surface area contributed by atoms with Crippen molar-refractivity contribution in [3.63, 3.8) is 0 Å². The van der Waals surface area contributed by atoms with Gasteiger partial charge >= 0.3 is 0 Å². The SMILES string of the molecule is Brc1ccsc1C=NNc1ccccc1. The number of hydrazone groups is 1. The van der Waals surface area contributed by atoms with Crippen molar-refractivity contribution < 1.29 is 0 Å². The third kappa shape index (κ3) is 2.91. The average molecular weight is 281 g/mol. The van der Waals surface area contributed by atoms with Crippen LogP contribution < -0.4 is 5.43 Å². The zero-order chi connectivity index (χ0) is 10.5. The van der Waals surface area contributed by atoms with Crippen molar-refractivity contribution in [1.82, 2.24) is 0 Å². The molecule has 0 amide bonds. The Kier molecular flexibility index (Phi) is 3.53. The second kappa shape index (κ2) is 5.09. The molecule has 1 aromatic heterocycles. The van der Waals surface area contributed by atoms with E-state index in [1.165, 1.54) is 0 Å². The van der Waals surface area contributed by atoms with Crippen LogP contribution in [0.25, 0.3) is 0 Å². The molecule has 0 unspecified atom stereocenters. The van der Waals surface area contributed by atoms with Crippen molar-refractivity contribution in [1.29, 1.82) is 0 Å². The maximum atomic E-state index is 4.15. The van der Waals surface area contributed by atoms with Gasteiger partial charge < -0.3 is 0 Å². The molecular weight excluding hydrogens is 272 g/mol. The van der Waals surface area contributed by atoms with Crippen molar-refractivity contribution in [2.45, 2.75) is 0 Å². The molecule has 0 fully saturated rings. The summed E-state index contributed by atoms with van der Waals surface area (Å²) in [7, 11) is 0. The zero-order valence-electron chi connectivity index (χ0n) is 7.85. The largest absolute Gasteiger partial charge is 0.278 e. The Labute approximate surface area is 101 Å². The van der Waals surface area contributed by atoms with Crippen LogP contribution in [0.4, 0.5) is 5.69 Å². The summed E-state index contributed by atoms with van der Waals surface area (Å²) in [5.74, 6) is 0. The fraction of sp³-hybridized carbons (Fsp3) is 0. The van der Waals surface area contributed by atoms with Crippen LogP contribution in [0.2, 0.25) is 0 Å². The molecular formula is C11H9BrN2S. The third-order valence-corrected chi connectivity index (χ3v) is 3.60. The van der Waals surface area contributed by atoms with Crippen LogP contribution in [0, 0.1) is 0 Å². The number of thiophene rings is 1. The Morgan fingerprint density at radius 3 is 2.67 bits per heavy atom.